The maximum atomic E-state index is 12.1. The number of ether oxygens (including phenoxy) is 1. The van der Waals surface area contributed by atoms with Crippen molar-refractivity contribution in [2.24, 2.45) is 0 Å². The monoisotopic (exact) mass is 286 g/mol. The number of anilines is 1. The van der Waals surface area contributed by atoms with E-state index in [2.05, 4.69) is 14.8 Å². The van der Waals surface area contributed by atoms with Gasteiger partial charge in [0, 0.05) is 6.04 Å². The summed E-state index contributed by atoms with van der Waals surface area (Å²) >= 11 is 0. The molecule has 0 aliphatic heterocycles. The molecule has 0 spiro atoms. The quantitative estimate of drug-likeness (QED) is 0.761. The molecule has 0 bridgehead atoms. The Hall–Kier alpha value is -1.60. The normalized spacial score (nSPS) is 11.4. The average Bonchev–Trinajstić information content (AvgIpc) is 2.34. The van der Waals surface area contributed by atoms with Crippen LogP contribution in [0.4, 0.5) is 5.69 Å². The van der Waals surface area contributed by atoms with E-state index in [0.29, 0.717) is 5.69 Å². The third kappa shape index (κ3) is 4.53. The summed E-state index contributed by atoms with van der Waals surface area (Å²) in [7, 11) is -2.34. The van der Waals surface area contributed by atoms with Crippen LogP contribution >= 0.6 is 0 Å². The fourth-order valence-corrected chi connectivity index (χ4v) is 2.90. The lowest BCUT2D eigenvalue weighted by Gasteiger charge is -2.14. The van der Waals surface area contributed by atoms with Gasteiger partial charge in [-0.2, -0.15) is 0 Å². The third-order valence-corrected chi connectivity index (χ3v) is 3.94. The molecule has 106 valence electrons. The van der Waals surface area contributed by atoms with E-state index < -0.39 is 16.0 Å². The van der Waals surface area contributed by atoms with Crippen molar-refractivity contribution in [1.82, 2.24) is 4.72 Å². The summed E-state index contributed by atoms with van der Waals surface area (Å²) in [6.45, 7) is 3.38. The van der Waals surface area contributed by atoms with Crippen LogP contribution in [0.3, 0.4) is 0 Å². The van der Waals surface area contributed by atoms with Gasteiger partial charge in [-0.25, -0.2) is 13.1 Å². The van der Waals surface area contributed by atoms with Crippen molar-refractivity contribution in [3.05, 3.63) is 24.3 Å². The maximum Gasteiger partial charge on any atom is 0.325 e. The molecule has 1 aromatic carbocycles. The highest BCUT2D eigenvalue weighted by molar-refractivity contribution is 7.89. The molecule has 0 saturated heterocycles. The first-order valence-corrected chi connectivity index (χ1v) is 7.27. The Morgan fingerprint density at radius 1 is 1.32 bits per heavy atom. The molecule has 0 amide bonds. The Labute approximate surface area is 113 Å². The number of nitrogens with one attached hydrogen (secondary N) is 2. The van der Waals surface area contributed by atoms with Gasteiger partial charge in [-0.3, -0.25) is 4.79 Å². The van der Waals surface area contributed by atoms with Crippen molar-refractivity contribution in [2.75, 3.05) is 19.0 Å². The van der Waals surface area contributed by atoms with Gasteiger partial charge in [0.2, 0.25) is 10.0 Å². The van der Waals surface area contributed by atoms with Gasteiger partial charge in [0.1, 0.15) is 11.4 Å². The van der Waals surface area contributed by atoms with Crippen LogP contribution in [0.15, 0.2) is 29.2 Å². The van der Waals surface area contributed by atoms with Gasteiger partial charge in [-0.05, 0) is 26.0 Å². The molecule has 0 heterocycles. The van der Waals surface area contributed by atoms with E-state index in [4.69, 9.17) is 0 Å². The summed E-state index contributed by atoms with van der Waals surface area (Å²) in [5.41, 5.74) is 0.362. The lowest BCUT2D eigenvalue weighted by molar-refractivity contribution is -0.138. The van der Waals surface area contributed by atoms with Crippen LogP contribution in [-0.2, 0) is 19.6 Å². The second-order valence-electron chi connectivity index (χ2n) is 4.20. The largest absolute Gasteiger partial charge is 0.468 e. The van der Waals surface area contributed by atoms with Crippen molar-refractivity contribution in [3.63, 3.8) is 0 Å². The molecule has 0 radical (unpaired) electrons. The molecule has 0 aliphatic rings. The second-order valence-corrected chi connectivity index (χ2v) is 5.88. The Morgan fingerprint density at radius 3 is 2.53 bits per heavy atom. The molecule has 0 unspecified atom stereocenters. The molecule has 1 rings (SSSR count). The number of hydrogen-bond donors (Lipinski definition) is 2. The zero-order valence-electron chi connectivity index (χ0n) is 11.1. The van der Waals surface area contributed by atoms with Gasteiger partial charge in [0.05, 0.1) is 12.8 Å². The average molecular weight is 286 g/mol. The van der Waals surface area contributed by atoms with Crippen LogP contribution in [0, 0.1) is 0 Å². The smallest absolute Gasteiger partial charge is 0.325 e. The van der Waals surface area contributed by atoms with E-state index in [9.17, 15) is 13.2 Å². The predicted octanol–water partition coefficient (Wildman–Crippen LogP) is 0.958. The maximum absolute atomic E-state index is 12.1. The van der Waals surface area contributed by atoms with Crippen molar-refractivity contribution in [3.8, 4) is 0 Å². The van der Waals surface area contributed by atoms with E-state index >= 15 is 0 Å². The van der Waals surface area contributed by atoms with Crippen LogP contribution in [0.5, 0.6) is 0 Å². The molecule has 19 heavy (non-hydrogen) atoms. The number of esters is 1. The van der Waals surface area contributed by atoms with Crippen molar-refractivity contribution in [1.29, 1.82) is 0 Å². The number of benzene rings is 1. The lowest BCUT2D eigenvalue weighted by atomic mass is 10.3. The number of hydrogen-bond acceptors (Lipinski definition) is 5. The third-order valence-electron chi connectivity index (χ3n) is 2.22. The Balaban J connectivity index is 2.99. The standard InChI is InChI=1S/C12H18N2O4S/c1-9(2)14-19(16,17)11-7-5-4-6-10(11)13-8-12(15)18-3/h4-7,9,13-14H,8H2,1-3H3. The van der Waals surface area contributed by atoms with Crippen LogP contribution < -0.4 is 10.0 Å². The van der Waals surface area contributed by atoms with Crippen LogP contribution in [0.25, 0.3) is 0 Å². The Kier molecular flexibility index (Phi) is 5.31. The van der Waals surface area contributed by atoms with Gasteiger partial charge >= 0.3 is 5.97 Å². The zero-order chi connectivity index (χ0) is 14.5. The minimum atomic E-state index is -3.61. The molecule has 1 aromatic rings. The predicted molar refractivity (Wildman–Crippen MR) is 72.4 cm³/mol. The summed E-state index contributed by atoms with van der Waals surface area (Å²) < 4.78 is 31.2. The van der Waals surface area contributed by atoms with Gasteiger partial charge in [0.15, 0.2) is 0 Å². The minimum Gasteiger partial charge on any atom is -0.468 e. The van der Waals surface area contributed by atoms with Crippen LogP contribution in [0.2, 0.25) is 0 Å². The summed E-state index contributed by atoms with van der Waals surface area (Å²) in [6, 6.07) is 6.17. The molecule has 2 N–H and O–H groups in total. The van der Waals surface area contributed by atoms with Crippen molar-refractivity contribution >= 4 is 21.7 Å². The lowest BCUT2D eigenvalue weighted by Crippen LogP contribution is -2.31. The fraction of sp³-hybridized carbons (Fsp3) is 0.417. The summed E-state index contributed by atoms with van der Waals surface area (Å²) in [5.74, 6) is -0.469. The summed E-state index contributed by atoms with van der Waals surface area (Å²) in [6.07, 6.45) is 0. The molecule has 0 saturated carbocycles. The molecule has 6 nitrogen and oxygen atoms in total. The van der Waals surface area contributed by atoms with E-state index in [1.54, 1.807) is 32.0 Å². The zero-order valence-corrected chi connectivity index (χ0v) is 12.0. The molecular formula is C12H18N2O4S. The number of carbonyl (C=O) groups excluding carboxylic acids is 1. The first-order valence-electron chi connectivity index (χ1n) is 5.79. The Bertz CT molecular complexity index is 540. The van der Waals surface area contributed by atoms with E-state index in [0.717, 1.165) is 0 Å². The highest BCUT2D eigenvalue weighted by Gasteiger charge is 2.19. The molecule has 0 aliphatic carbocycles. The SMILES string of the molecule is COC(=O)CNc1ccccc1S(=O)(=O)NC(C)C. The highest BCUT2D eigenvalue weighted by atomic mass is 32.2. The number of para-hydroxylation sites is 1. The topological polar surface area (TPSA) is 84.5 Å². The fourth-order valence-electron chi connectivity index (χ4n) is 1.46. The van der Waals surface area contributed by atoms with Crippen LogP contribution in [0.1, 0.15) is 13.8 Å². The number of sulfonamides is 1. The highest BCUT2D eigenvalue weighted by Crippen LogP contribution is 2.20. The molecule has 0 fully saturated rings. The van der Waals surface area contributed by atoms with Crippen molar-refractivity contribution < 1.29 is 17.9 Å². The van der Waals surface area contributed by atoms with E-state index in [-0.39, 0.29) is 17.5 Å². The Morgan fingerprint density at radius 2 is 1.95 bits per heavy atom. The number of carbonyl (C=O) groups is 1. The van der Waals surface area contributed by atoms with Gasteiger partial charge in [-0.1, -0.05) is 12.1 Å². The van der Waals surface area contributed by atoms with Crippen LogP contribution in [-0.4, -0.2) is 34.1 Å². The van der Waals surface area contributed by atoms with E-state index in [1.165, 1.54) is 13.2 Å². The number of methoxy groups -OCH3 is 1. The molecule has 0 atom stereocenters. The summed E-state index contributed by atoms with van der Waals surface area (Å²) in [5, 5.41) is 2.75. The van der Waals surface area contributed by atoms with E-state index in [1.807, 2.05) is 0 Å². The summed E-state index contributed by atoms with van der Waals surface area (Å²) in [4.78, 5) is 11.2. The van der Waals surface area contributed by atoms with Crippen molar-refractivity contribution in [2.45, 2.75) is 24.8 Å². The molecular weight excluding hydrogens is 268 g/mol. The molecule has 0 aromatic heterocycles. The van der Waals surface area contributed by atoms with Gasteiger partial charge < -0.3 is 10.1 Å². The number of rotatable bonds is 6. The minimum absolute atomic E-state index is 0.0925. The van der Waals surface area contributed by atoms with Gasteiger partial charge in [-0.15, -0.1) is 0 Å². The first-order chi connectivity index (χ1) is 8.86. The van der Waals surface area contributed by atoms with Gasteiger partial charge in [0.25, 0.3) is 0 Å². The second kappa shape index (κ2) is 6.53. The molecule has 7 heteroatoms. The first kappa shape index (κ1) is 15.5.